The standard InChI is InChI=1S/C16H25N3O2/c1-12-4-6-14(7-5-12)18-16(20)13(2)17-10-15-11-19(3)8-9-21-15/h4-7,13,15,17H,8-11H2,1-3H3,(H,18,20). The highest BCUT2D eigenvalue weighted by Crippen LogP contribution is 2.09. The molecule has 0 radical (unpaired) electrons. The highest BCUT2D eigenvalue weighted by atomic mass is 16.5. The lowest BCUT2D eigenvalue weighted by atomic mass is 10.2. The number of likely N-dealkylation sites (N-methyl/N-ethyl adjacent to an activating group) is 1. The van der Waals surface area contributed by atoms with Gasteiger partial charge < -0.3 is 20.3 Å². The van der Waals surface area contributed by atoms with E-state index in [0.29, 0.717) is 6.54 Å². The first-order chi connectivity index (χ1) is 10.0. The van der Waals surface area contributed by atoms with Crippen LogP contribution in [0, 0.1) is 6.92 Å². The predicted molar refractivity (Wildman–Crippen MR) is 84.5 cm³/mol. The molecule has 1 aromatic rings. The summed E-state index contributed by atoms with van der Waals surface area (Å²) in [6.45, 7) is 7.21. The molecule has 1 fully saturated rings. The summed E-state index contributed by atoms with van der Waals surface area (Å²) in [4.78, 5) is 14.4. The van der Waals surface area contributed by atoms with Gasteiger partial charge in [-0.05, 0) is 33.0 Å². The number of hydrogen-bond donors (Lipinski definition) is 2. The van der Waals surface area contributed by atoms with Gasteiger partial charge in [-0.3, -0.25) is 4.79 Å². The fourth-order valence-electron chi connectivity index (χ4n) is 2.28. The van der Waals surface area contributed by atoms with Gasteiger partial charge in [0.2, 0.25) is 5.91 Å². The number of ether oxygens (including phenoxy) is 1. The largest absolute Gasteiger partial charge is 0.374 e. The summed E-state index contributed by atoms with van der Waals surface area (Å²) in [6, 6.07) is 7.55. The molecule has 0 bridgehead atoms. The van der Waals surface area contributed by atoms with Crippen molar-refractivity contribution in [2.75, 3.05) is 38.6 Å². The van der Waals surface area contributed by atoms with E-state index in [9.17, 15) is 4.79 Å². The first-order valence-corrected chi connectivity index (χ1v) is 7.45. The van der Waals surface area contributed by atoms with Gasteiger partial charge in [0.05, 0.1) is 18.8 Å². The Labute approximate surface area is 126 Å². The molecule has 2 rings (SSSR count). The van der Waals surface area contributed by atoms with Gasteiger partial charge in [-0.2, -0.15) is 0 Å². The zero-order valence-electron chi connectivity index (χ0n) is 13.1. The SMILES string of the molecule is Cc1ccc(NC(=O)C(C)NCC2CN(C)CCO2)cc1. The van der Waals surface area contributed by atoms with Crippen LogP contribution in [-0.4, -0.2) is 56.2 Å². The maximum atomic E-state index is 12.1. The molecule has 1 aliphatic rings. The second-order valence-corrected chi connectivity index (χ2v) is 5.74. The van der Waals surface area contributed by atoms with Gasteiger partial charge in [0, 0.05) is 25.3 Å². The number of anilines is 1. The Morgan fingerprint density at radius 3 is 2.81 bits per heavy atom. The molecule has 2 atom stereocenters. The van der Waals surface area contributed by atoms with Crippen LogP contribution in [0.15, 0.2) is 24.3 Å². The lowest BCUT2D eigenvalue weighted by Gasteiger charge is -2.30. The fraction of sp³-hybridized carbons (Fsp3) is 0.562. The second kappa shape index (κ2) is 7.54. The van der Waals surface area contributed by atoms with Crippen LogP contribution in [0.4, 0.5) is 5.69 Å². The van der Waals surface area contributed by atoms with Crippen molar-refractivity contribution in [1.29, 1.82) is 0 Å². The minimum atomic E-state index is -0.248. The minimum absolute atomic E-state index is 0.0250. The van der Waals surface area contributed by atoms with Crippen LogP contribution in [0.2, 0.25) is 0 Å². The first kappa shape index (κ1) is 15.9. The molecule has 116 valence electrons. The van der Waals surface area contributed by atoms with Crippen LogP contribution in [0.3, 0.4) is 0 Å². The molecule has 2 unspecified atom stereocenters. The van der Waals surface area contributed by atoms with E-state index < -0.39 is 0 Å². The van der Waals surface area contributed by atoms with Crippen LogP contribution in [0.1, 0.15) is 12.5 Å². The summed E-state index contributed by atoms with van der Waals surface area (Å²) in [5.74, 6) is -0.0250. The van der Waals surface area contributed by atoms with Gasteiger partial charge >= 0.3 is 0 Å². The monoisotopic (exact) mass is 291 g/mol. The van der Waals surface area contributed by atoms with E-state index in [0.717, 1.165) is 25.4 Å². The van der Waals surface area contributed by atoms with Crippen molar-refractivity contribution >= 4 is 11.6 Å². The van der Waals surface area contributed by atoms with E-state index in [1.165, 1.54) is 5.56 Å². The Bertz CT molecular complexity index is 461. The average Bonchev–Trinajstić information content (AvgIpc) is 2.47. The smallest absolute Gasteiger partial charge is 0.241 e. The number of rotatable bonds is 5. The molecule has 1 amide bonds. The van der Waals surface area contributed by atoms with Crippen molar-refractivity contribution in [2.24, 2.45) is 0 Å². The van der Waals surface area contributed by atoms with Crippen molar-refractivity contribution in [3.05, 3.63) is 29.8 Å². The number of carbonyl (C=O) groups is 1. The van der Waals surface area contributed by atoms with Gasteiger partial charge in [0.1, 0.15) is 0 Å². The number of nitrogens with one attached hydrogen (secondary N) is 2. The molecule has 1 heterocycles. The third-order valence-electron chi connectivity index (χ3n) is 3.71. The van der Waals surface area contributed by atoms with Gasteiger partial charge in [-0.25, -0.2) is 0 Å². The number of amides is 1. The highest BCUT2D eigenvalue weighted by Gasteiger charge is 2.20. The van der Waals surface area contributed by atoms with Crippen LogP contribution in [0.25, 0.3) is 0 Å². The number of benzene rings is 1. The quantitative estimate of drug-likeness (QED) is 0.857. The number of carbonyl (C=O) groups excluding carboxylic acids is 1. The van der Waals surface area contributed by atoms with Crippen LogP contribution < -0.4 is 10.6 Å². The third-order valence-corrected chi connectivity index (χ3v) is 3.71. The summed E-state index contributed by atoms with van der Waals surface area (Å²) in [5.41, 5.74) is 2.01. The first-order valence-electron chi connectivity index (χ1n) is 7.45. The highest BCUT2D eigenvalue weighted by molar-refractivity contribution is 5.94. The van der Waals surface area contributed by atoms with Crippen LogP contribution in [0.5, 0.6) is 0 Å². The molecular weight excluding hydrogens is 266 g/mol. The zero-order chi connectivity index (χ0) is 15.2. The summed E-state index contributed by atoms with van der Waals surface area (Å²) in [7, 11) is 2.09. The Balaban J connectivity index is 1.75. The predicted octanol–water partition coefficient (Wildman–Crippen LogP) is 1.24. The molecule has 0 aliphatic carbocycles. The molecular formula is C16H25N3O2. The molecule has 5 nitrogen and oxygen atoms in total. The lowest BCUT2D eigenvalue weighted by Crippen LogP contribution is -2.48. The third kappa shape index (κ3) is 5.12. The molecule has 21 heavy (non-hydrogen) atoms. The second-order valence-electron chi connectivity index (χ2n) is 5.74. The zero-order valence-corrected chi connectivity index (χ0v) is 13.1. The Morgan fingerprint density at radius 2 is 2.14 bits per heavy atom. The van der Waals surface area contributed by atoms with Crippen LogP contribution >= 0.6 is 0 Å². The molecule has 0 spiro atoms. The molecule has 1 aliphatic heterocycles. The van der Waals surface area contributed by atoms with Crippen molar-refractivity contribution in [3.63, 3.8) is 0 Å². The van der Waals surface area contributed by atoms with Crippen molar-refractivity contribution in [3.8, 4) is 0 Å². The fourth-order valence-corrected chi connectivity index (χ4v) is 2.28. The van der Waals surface area contributed by atoms with Gasteiger partial charge in [-0.1, -0.05) is 17.7 Å². The number of hydrogen-bond acceptors (Lipinski definition) is 4. The van der Waals surface area contributed by atoms with Gasteiger partial charge in [0.25, 0.3) is 0 Å². The van der Waals surface area contributed by atoms with E-state index in [-0.39, 0.29) is 18.1 Å². The van der Waals surface area contributed by atoms with Crippen LogP contribution in [-0.2, 0) is 9.53 Å². The Morgan fingerprint density at radius 1 is 1.43 bits per heavy atom. The van der Waals surface area contributed by atoms with E-state index >= 15 is 0 Å². The van der Waals surface area contributed by atoms with Crippen molar-refractivity contribution in [2.45, 2.75) is 26.0 Å². The maximum absolute atomic E-state index is 12.1. The summed E-state index contributed by atoms with van der Waals surface area (Å²) >= 11 is 0. The molecule has 1 saturated heterocycles. The van der Waals surface area contributed by atoms with Gasteiger partial charge in [-0.15, -0.1) is 0 Å². The number of nitrogens with zero attached hydrogens (tertiary/aromatic N) is 1. The normalized spacial score (nSPS) is 21.0. The maximum Gasteiger partial charge on any atom is 0.241 e. The van der Waals surface area contributed by atoms with E-state index in [4.69, 9.17) is 4.74 Å². The molecule has 1 aromatic carbocycles. The van der Waals surface area contributed by atoms with Crippen molar-refractivity contribution < 1.29 is 9.53 Å². The topological polar surface area (TPSA) is 53.6 Å². The number of morpholine rings is 1. The minimum Gasteiger partial charge on any atom is -0.374 e. The van der Waals surface area contributed by atoms with Crippen molar-refractivity contribution in [1.82, 2.24) is 10.2 Å². The summed E-state index contributed by atoms with van der Waals surface area (Å²) in [6.07, 6.45) is 0.151. The van der Waals surface area contributed by atoms with E-state index in [1.807, 2.05) is 38.1 Å². The Kier molecular flexibility index (Phi) is 5.73. The Hall–Kier alpha value is -1.43. The molecule has 2 N–H and O–H groups in total. The molecule has 0 saturated carbocycles. The molecule has 0 aromatic heterocycles. The summed E-state index contributed by atoms with van der Waals surface area (Å²) in [5, 5.41) is 6.15. The summed E-state index contributed by atoms with van der Waals surface area (Å²) < 4.78 is 5.67. The number of aryl methyl sites for hydroxylation is 1. The molecule has 5 heteroatoms. The van der Waals surface area contributed by atoms with E-state index in [2.05, 4.69) is 22.6 Å². The van der Waals surface area contributed by atoms with Gasteiger partial charge in [0.15, 0.2) is 0 Å². The average molecular weight is 291 g/mol. The van der Waals surface area contributed by atoms with E-state index in [1.54, 1.807) is 0 Å². The lowest BCUT2D eigenvalue weighted by molar-refractivity contribution is -0.118.